The third-order valence-electron chi connectivity index (χ3n) is 4.51. The molecule has 0 aliphatic carbocycles. The van der Waals surface area contributed by atoms with Crippen LogP contribution in [0.1, 0.15) is 16.8 Å². The van der Waals surface area contributed by atoms with Gasteiger partial charge in [-0.3, -0.25) is 4.79 Å². The summed E-state index contributed by atoms with van der Waals surface area (Å²) in [5, 5.41) is 8.40. The van der Waals surface area contributed by atoms with E-state index >= 15 is 0 Å². The number of aryl methyl sites for hydroxylation is 2. The molecule has 4 rings (SSSR count). The minimum atomic E-state index is -0.316. The largest absolute Gasteiger partial charge is 0.307 e. The van der Waals surface area contributed by atoms with Crippen molar-refractivity contribution in [1.29, 1.82) is 0 Å². The van der Waals surface area contributed by atoms with Gasteiger partial charge in [0.2, 0.25) is 5.91 Å². The van der Waals surface area contributed by atoms with E-state index in [9.17, 15) is 9.18 Å². The number of rotatable bonds is 4. The Morgan fingerprint density at radius 2 is 1.83 bits per heavy atom. The zero-order valence-electron chi connectivity index (χ0n) is 16.1. The standard InChI is InChI=1S/C23H19FN4O/c1-15-13-21(25-20-6-4-3-5-19(15)20)28-22(14-16(2)27-28)26-23(29)12-9-17-7-10-18(24)11-8-17/h3-14H,1-2H3,(H,26,29)/b12-9+. The molecule has 0 spiro atoms. The summed E-state index contributed by atoms with van der Waals surface area (Å²) in [5.74, 6) is 0.530. The molecule has 2 heterocycles. The SMILES string of the molecule is Cc1cc(NC(=O)/C=C/c2ccc(F)cc2)n(-c2cc(C)c3ccccc3n2)n1. The lowest BCUT2D eigenvalue weighted by molar-refractivity contribution is -0.111. The van der Waals surface area contributed by atoms with Crippen LogP contribution in [0, 0.1) is 19.7 Å². The van der Waals surface area contributed by atoms with Gasteiger partial charge in [-0.05, 0) is 55.3 Å². The van der Waals surface area contributed by atoms with E-state index in [2.05, 4.69) is 15.4 Å². The Balaban J connectivity index is 1.62. The summed E-state index contributed by atoms with van der Waals surface area (Å²) in [6, 6.07) is 17.5. The molecular weight excluding hydrogens is 367 g/mol. The van der Waals surface area contributed by atoms with Gasteiger partial charge in [0.15, 0.2) is 5.82 Å². The lowest BCUT2D eigenvalue weighted by Crippen LogP contribution is -2.13. The minimum Gasteiger partial charge on any atom is -0.307 e. The summed E-state index contributed by atoms with van der Waals surface area (Å²) < 4.78 is 14.6. The molecule has 0 saturated carbocycles. The Bertz CT molecular complexity index is 1230. The van der Waals surface area contributed by atoms with E-state index in [1.54, 1.807) is 29.0 Å². The Morgan fingerprint density at radius 3 is 2.62 bits per heavy atom. The van der Waals surface area contributed by atoms with Crippen LogP contribution < -0.4 is 5.32 Å². The van der Waals surface area contributed by atoms with Crippen LogP contribution in [0.5, 0.6) is 0 Å². The Kier molecular flexibility index (Phi) is 4.91. The Labute approximate surface area is 167 Å². The molecule has 0 radical (unpaired) electrons. The van der Waals surface area contributed by atoms with Gasteiger partial charge >= 0.3 is 0 Å². The fourth-order valence-electron chi connectivity index (χ4n) is 3.12. The first-order valence-electron chi connectivity index (χ1n) is 9.18. The maximum absolute atomic E-state index is 13.0. The molecule has 6 heteroatoms. The van der Waals surface area contributed by atoms with Crippen molar-refractivity contribution in [2.24, 2.45) is 0 Å². The van der Waals surface area contributed by atoms with Gasteiger partial charge in [-0.15, -0.1) is 0 Å². The smallest absolute Gasteiger partial charge is 0.249 e. The van der Waals surface area contributed by atoms with Crippen LogP contribution in [0.25, 0.3) is 22.8 Å². The van der Waals surface area contributed by atoms with Crippen molar-refractivity contribution in [3.63, 3.8) is 0 Å². The lowest BCUT2D eigenvalue weighted by Gasteiger charge is -2.10. The Hall–Kier alpha value is -3.80. The van der Waals surface area contributed by atoms with Crippen molar-refractivity contribution in [2.75, 3.05) is 5.32 Å². The quantitative estimate of drug-likeness (QED) is 0.511. The third-order valence-corrected chi connectivity index (χ3v) is 4.51. The molecule has 4 aromatic rings. The number of anilines is 1. The number of amides is 1. The number of carbonyl (C=O) groups is 1. The molecular formula is C23H19FN4O. The van der Waals surface area contributed by atoms with Crippen LogP contribution in [0.4, 0.5) is 10.2 Å². The van der Waals surface area contributed by atoms with Crippen molar-refractivity contribution >= 4 is 28.7 Å². The van der Waals surface area contributed by atoms with Crippen molar-refractivity contribution in [3.8, 4) is 5.82 Å². The molecule has 2 aromatic heterocycles. The molecule has 0 atom stereocenters. The van der Waals surface area contributed by atoms with Gasteiger partial charge in [0.05, 0.1) is 11.2 Å². The second-order valence-corrected chi connectivity index (χ2v) is 6.77. The Morgan fingerprint density at radius 1 is 1.07 bits per heavy atom. The van der Waals surface area contributed by atoms with E-state index in [-0.39, 0.29) is 11.7 Å². The fourth-order valence-corrected chi connectivity index (χ4v) is 3.12. The maximum Gasteiger partial charge on any atom is 0.249 e. The lowest BCUT2D eigenvalue weighted by atomic mass is 10.1. The molecule has 0 aliphatic heterocycles. The summed E-state index contributed by atoms with van der Waals surface area (Å²) in [6.45, 7) is 3.88. The maximum atomic E-state index is 13.0. The summed E-state index contributed by atoms with van der Waals surface area (Å²) in [5.41, 5.74) is 3.44. The normalized spacial score (nSPS) is 11.3. The minimum absolute atomic E-state index is 0.312. The number of pyridine rings is 1. The monoisotopic (exact) mass is 386 g/mol. The van der Waals surface area contributed by atoms with Crippen LogP contribution >= 0.6 is 0 Å². The fraction of sp³-hybridized carbons (Fsp3) is 0.0870. The number of hydrogen-bond acceptors (Lipinski definition) is 3. The first kappa shape index (κ1) is 18.6. The summed E-state index contributed by atoms with van der Waals surface area (Å²) in [7, 11) is 0. The summed E-state index contributed by atoms with van der Waals surface area (Å²) >= 11 is 0. The average molecular weight is 386 g/mol. The number of para-hydroxylation sites is 1. The van der Waals surface area contributed by atoms with Gasteiger partial charge in [0.1, 0.15) is 11.6 Å². The van der Waals surface area contributed by atoms with Gasteiger partial charge < -0.3 is 5.32 Å². The predicted octanol–water partition coefficient (Wildman–Crippen LogP) is 4.83. The van der Waals surface area contributed by atoms with Gasteiger partial charge in [0.25, 0.3) is 0 Å². The summed E-state index contributed by atoms with van der Waals surface area (Å²) in [4.78, 5) is 17.1. The number of aromatic nitrogens is 3. The third kappa shape index (κ3) is 4.06. The molecule has 0 bridgehead atoms. The van der Waals surface area contributed by atoms with E-state index in [1.165, 1.54) is 18.2 Å². The predicted molar refractivity (Wildman–Crippen MR) is 112 cm³/mol. The van der Waals surface area contributed by atoms with Crippen LogP contribution in [0.3, 0.4) is 0 Å². The number of carbonyl (C=O) groups excluding carboxylic acids is 1. The van der Waals surface area contributed by atoms with E-state index in [0.29, 0.717) is 11.6 Å². The van der Waals surface area contributed by atoms with Crippen LogP contribution in [-0.4, -0.2) is 20.7 Å². The van der Waals surface area contributed by atoms with Crippen molar-refractivity contribution in [2.45, 2.75) is 13.8 Å². The molecule has 0 aliphatic rings. The topological polar surface area (TPSA) is 59.8 Å². The highest BCUT2D eigenvalue weighted by Gasteiger charge is 2.12. The molecule has 29 heavy (non-hydrogen) atoms. The molecule has 1 N–H and O–H groups in total. The molecule has 0 unspecified atom stereocenters. The van der Waals surface area contributed by atoms with Gasteiger partial charge in [0, 0.05) is 17.5 Å². The molecule has 5 nitrogen and oxygen atoms in total. The van der Waals surface area contributed by atoms with Crippen LogP contribution in [-0.2, 0) is 4.79 Å². The van der Waals surface area contributed by atoms with Crippen molar-refractivity contribution < 1.29 is 9.18 Å². The number of fused-ring (bicyclic) bond motifs is 1. The van der Waals surface area contributed by atoms with Crippen LogP contribution in [0.15, 0.2) is 66.7 Å². The number of nitrogens with zero attached hydrogens (tertiary/aromatic N) is 3. The first-order valence-corrected chi connectivity index (χ1v) is 9.18. The van der Waals surface area contributed by atoms with Crippen molar-refractivity contribution in [3.05, 3.63) is 89.4 Å². The van der Waals surface area contributed by atoms with E-state index in [0.717, 1.165) is 27.7 Å². The zero-order valence-corrected chi connectivity index (χ0v) is 16.1. The first-order chi connectivity index (χ1) is 14.0. The molecule has 0 saturated heterocycles. The highest BCUT2D eigenvalue weighted by Crippen LogP contribution is 2.22. The van der Waals surface area contributed by atoms with Crippen molar-refractivity contribution in [1.82, 2.24) is 14.8 Å². The van der Waals surface area contributed by atoms with E-state index in [4.69, 9.17) is 0 Å². The highest BCUT2D eigenvalue weighted by molar-refractivity contribution is 6.01. The van der Waals surface area contributed by atoms with Gasteiger partial charge in [-0.2, -0.15) is 9.78 Å². The number of benzene rings is 2. The highest BCUT2D eigenvalue weighted by atomic mass is 19.1. The number of hydrogen-bond donors (Lipinski definition) is 1. The van der Waals surface area contributed by atoms with Gasteiger partial charge in [-0.1, -0.05) is 30.3 Å². The second-order valence-electron chi connectivity index (χ2n) is 6.77. The van der Waals surface area contributed by atoms with Crippen LogP contribution in [0.2, 0.25) is 0 Å². The average Bonchev–Trinajstić information content (AvgIpc) is 3.07. The molecule has 144 valence electrons. The zero-order chi connectivity index (χ0) is 20.4. The van der Waals surface area contributed by atoms with E-state index in [1.807, 2.05) is 44.2 Å². The molecule has 2 aromatic carbocycles. The van der Waals surface area contributed by atoms with E-state index < -0.39 is 0 Å². The molecule has 0 fully saturated rings. The molecule has 1 amide bonds. The van der Waals surface area contributed by atoms with Gasteiger partial charge in [-0.25, -0.2) is 9.37 Å². The summed E-state index contributed by atoms with van der Waals surface area (Å²) in [6.07, 6.45) is 3.03. The second kappa shape index (κ2) is 7.67. The number of halogens is 1. The number of nitrogens with one attached hydrogen (secondary N) is 1.